The molecule has 0 aromatic heterocycles. The second kappa shape index (κ2) is 9.38. The molecule has 64 valence electrons. The Labute approximate surface area is 78.4 Å². The first-order valence-corrected chi connectivity index (χ1v) is 3.87. The molecule has 0 fully saturated rings. The van der Waals surface area contributed by atoms with Crippen LogP contribution in [-0.2, 0) is 21.2 Å². The third kappa shape index (κ3) is 8.38. The van der Waals surface area contributed by atoms with E-state index in [2.05, 4.69) is 6.92 Å². The molecule has 0 aliphatic rings. The van der Waals surface area contributed by atoms with Crippen LogP contribution >= 0.6 is 12.2 Å². The van der Waals surface area contributed by atoms with Gasteiger partial charge in [-0.25, -0.2) is 0 Å². The number of ether oxygens (including phenoxy) is 1. The van der Waals surface area contributed by atoms with E-state index in [9.17, 15) is 0 Å². The zero-order valence-electron chi connectivity index (χ0n) is 6.46. The van der Waals surface area contributed by atoms with Crippen molar-refractivity contribution in [1.29, 1.82) is 0 Å². The Morgan fingerprint density at radius 3 is 2.40 bits per heavy atom. The van der Waals surface area contributed by atoms with E-state index in [0.29, 0.717) is 0 Å². The first kappa shape index (κ1) is 13.0. The SMILES string of the molecule is CCCCOC(=S)CC.[Ni]. The van der Waals surface area contributed by atoms with Crippen molar-refractivity contribution < 1.29 is 21.2 Å². The summed E-state index contributed by atoms with van der Waals surface area (Å²) in [6.07, 6.45) is 3.14. The molecule has 0 spiro atoms. The van der Waals surface area contributed by atoms with E-state index in [1.54, 1.807) is 0 Å². The maximum absolute atomic E-state index is 5.16. The van der Waals surface area contributed by atoms with Gasteiger partial charge < -0.3 is 4.74 Å². The van der Waals surface area contributed by atoms with E-state index in [-0.39, 0.29) is 16.5 Å². The summed E-state index contributed by atoms with van der Waals surface area (Å²) >= 11 is 4.85. The van der Waals surface area contributed by atoms with Gasteiger partial charge in [-0.1, -0.05) is 20.3 Å². The molecule has 0 aliphatic heterocycles. The van der Waals surface area contributed by atoms with Crippen molar-refractivity contribution in [2.75, 3.05) is 6.61 Å². The Bertz CT molecular complexity index is 85.7. The Hall–Kier alpha value is 0.384. The van der Waals surface area contributed by atoms with E-state index < -0.39 is 0 Å². The van der Waals surface area contributed by atoms with Crippen molar-refractivity contribution in [3.63, 3.8) is 0 Å². The van der Waals surface area contributed by atoms with Gasteiger partial charge in [-0.05, 0) is 18.6 Å². The van der Waals surface area contributed by atoms with Crippen LogP contribution < -0.4 is 0 Å². The van der Waals surface area contributed by atoms with Crippen LogP contribution in [0.15, 0.2) is 0 Å². The molecule has 0 N–H and O–H groups in total. The molecule has 0 atom stereocenters. The molecule has 0 rings (SSSR count). The van der Waals surface area contributed by atoms with Crippen LogP contribution in [0.4, 0.5) is 0 Å². The Kier molecular flexibility index (Phi) is 12.2. The molecule has 1 nitrogen and oxygen atoms in total. The minimum Gasteiger partial charge on any atom is -0.487 e. The summed E-state index contributed by atoms with van der Waals surface area (Å²) in [5.74, 6) is 0. The van der Waals surface area contributed by atoms with Crippen molar-refractivity contribution in [2.24, 2.45) is 0 Å². The number of hydrogen-bond donors (Lipinski definition) is 0. The summed E-state index contributed by atoms with van der Waals surface area (Å²) in [4.78, 5) is 0. The first-order chi connectivity index (χ1) is 4.31. The average Bonchev–Trinajstić information content (AvgIpc) is 1.89. The Morgan fingerprint density at radius 1 is 1.40 bits per heavy atom. The van der Waals surface area contributed by atoms with Crippen molar-refractivity contribution in [3.05, 3.63) is 0 Å². The minimum absolute atomic E-state index is 0. The molecule has 0 radical (unpaired) electrons. The second-order valence-corrected chi connectivity index (χ2v) is 2.38. The molecule has 0 unspecified atom stereocenters. The van der Waals surface area contributed by atoms with Crippen LogP contribution in [-0.4, -0.2) is 11.7 Å². The van der Waals surface area contributed by atoms with E-state index in [1.165, 1.54) is 6.42 Å². The van der Waals surface area contributed by atoms with Crippen LogP contribution in [0.25, 0.3) is 0 Å². The van der Waals surface area contributed by atoms with E-state index in [0.717, 1.165) is 24.5 Å². The Morgan fingerprint density at radius 2 is 2.00 bits per heavy atom. The largest absolute Gasteiger partial charge is 0.487 e. The molecule has 3 heteroatoms. The van der Waals surface area contributed by atoms with Gasteiger partial charge in [-0.15, -0.1) is 0 Å². The van der Waals surface area contributed by atoms with Gasteiger partial charge in [0.1, 0.15) is 0 Å². The van der Waals surface area contributed by atoms with Crippen molar-refractivity contribution in [1.82, 2.24) is 0 Å². The number of rotatable bonds is 4. The number of hydrogen-bond acceptors (Lipinski definition) is 2. The third-order valence-corrected chi connectivity index (χ3v) is 1.46. The second-order valence-electron chi connectivity index (χ2n) is 1.93. The van der Waals surface area contributed by atoms with Gasteiger partial charge in [0.2, 0.25) is 0 Å². The summed E-state index contributed by atoms with van der Waals surface area (Å²) in [6.45, 7) is 4.94. The fourth-order valence-electron chi connectivity index (χ4n) is 0.432. The summed E-state index contributed by atoms with van der Waals surface area (Å²) in [6, 6.07) is 0. The van der Waals surface area contributed by atoms with Gasteiger partial charge in [0.25, 0.3) is 0 Å². The summed E-state index contributed by atoms with van der Waals surface area (Å²) in [5, 5.41) is 0.739. The van der Waals surface area contributed by atoms with Gasteiger partial charge >= 0.3 is 0 Å². The van der Waals surface area contributed by atoms with Crippen molar-refractivity contribution in [2.45, 2.75) is 33.1 Å². The predicted octanol–water partition coefficient (Wildman–Crippen LogP) is 2.54. The maximum atomic E-state index is 5.16. The minimum atomic E-state index is 0. The topological polar surface area (TPSA) is 9.23 Å². The molecule has 0 saturated heterocycles. The molecule has 0 aliphatic carbocycles. The van der Waals surface area contributed by atoms with Gasteiger partial charge in [0.05, 0.1) is 6.61 Å². The molecule has 0 amide bonds. The zero-order chi connectivity index (χ0) is 7.11. The number of thiocarbonyl (C=S) groups is 1. The van der Waals surface area contributed by atoms with Crippen LogP contribution in [0, 0.1) is 0 Å². The van der Waals surface area contributed by atoms with E-state index in [1.807, 2.05) is 6.92 Å². The van der Waals surface area contributed by atoms with E-state index >= 15 is 0 Å². The maximum Gasteiger partial charge on any atom is 0.159 e. The van der Waals surface area contributed by atoms with Gasteiger partial charge in [-0.3, -0.25) is 0 Å². The van der Waals surface area contributed by atoms with Crippen LogP contribution in [0.5, 0.6) is 0 Å². The molecule has 0 heterocycles. The molecular weight excluding hydrogens is 191 g/mol. The summed E-state index contributed by atoms with van der Waals surface area (Å²) in [7, 11) is 0. The normalized spacial score (nSPS) is 8.20. The van der Waals surface area contributed by atoms with Gasteiger partial charge in [-0.2, -0.15) is 0 Å². The molecule has 0 aromatic carbocycles. The molecule has 0 saturated carbocycles. The van der Waals surface area contributed by atoms with Crippen LogP contribution in [0.2, 0.25) is 0 Å². The Balaban J connectivity index is 0. The molecule has 10 heavy (non-hydrogen) atoms. The fourth-order valence-corrected chi connectivity index (χ4v) is 0.516. The standard InChI is InChI=1S/C7H14OS.Ni/c1-3-5-6-8-7(9)4-2;/h3-6H2,1-2H3;. The molecular formula is C7H14NiOS. The monoisotopic (exact) mass is 204 g/mol. The van der Waals surface area contributed by atoms with Crippen LogP contribution in [0.1, 0.15) is 33.1 Å². The van der Waals surface area contributed by atoms with Gasteiger partial charge in [0, 0.05) is 22.9 Å². The summed E-state index contributed by atoms with van der Waals surface area (Å²) < 4.78 is 5.16. The first-order valence-electron chi connectivity index (χ1n) is 3.46. The van der Waals surface area contributed by atoms with Crippen molar-refractivity contribution in [3.8, 4) is 0 Å². The fraction of sp³-hybridized carbons (Fsp3) is 0.857. The summed E-state index contributed by atoms with van der Waals surface area (Å²) in [5.41, 5.74) is 0. The van der Waals surface area contributed by atoms with E-state index in [4.69, 9.17) is 17.0 Å². The smallest absolute Gasteiger partial charge is 0.159 e. The predicted molar refractivity (Wildman–Crippen MR) is 43.7 cm³/mol. The quantitative estimate of drug-likeness (QED) is 0.396. The van der Waals surface area contributed by atoms with Crippen LogP contribution in [0.3, 0.4) is 0 Å². The molecule has 0 bridgehead atoms. The number of unbranched alkanes of at least 4 members (excludes halogenated alkanes) is 1. The van der Waals surface area contributed by atoms with Gasteiger partial charge in [0.15, 0.2) is 5.05 Å². The average molecular weight is 205 g/mol. The molecule has 0 aromatic rings. The third-order valence-electron chi connectivity index (χ3n) is 1.05. The zero-order valence-corrected chi connectivity index (χ0v) is 8.27. The van der Waals surface area contributed by atoms with Crippen molar-refractivity contribution >= 4 is 17.3 Å².